The lowest BCUT2D eigenvalue weighted by Gasteiger charge is -2.27. The first-order valence-electron chi connectivity index (χ1n) is 6.48. The summed E-state index contributed by atoms with van der Waals surface area (Å²) in [6, 6.07) is 15.8. The van der Waals surface area contributed by atoms with Gasteiger partial charge in [0.15, 0.2) is 0 Å². The first-order chi connectivity index (χ1) is 9.24. The first-order valence-corrected chi connectivity index (χ1v) is 8.55. The van der Waals surface area contributed by atoms with Crippen molar-refractivity contribution >= 4 is 40.0 Å². The topological polar surface area (TPSA) is 12.0 Å². The van der Waals surface area contributed by atoms with Gasteiger partial charge in [-0.1, -0.05) is 18.2 Å². The summed E-state index contributed by atoms with van der Waals surface area (Å²) in [5.74, 6) is 1.19. The molecule has 0 radical (unpaired) electrons. The van der Waals surface area contributed by atoms with Crippen LogP contribution in [0.2, 0.25) is 0 Å². The highest BCUT2D eigenvalue weighted by molar-refractivity contribution is 14.1. The van der Waals surface area contributed by atoms with Crippen LogP contribution in [0.1, 0.15) is 23.6 Å². The molecule has 0 bridgehead atoms. The van der Waals surface area contributed by atoms with E-state index in [-0.39, 0.29) is 0 Å². The maximum atomic E-state index is 3.72. The second-order valence-electron chi connectivity index (χ2n) is 4.83. The van der Waals surface area contributed by atoms with Gasteiger partial charge in [-0.2, -0.15) is 0 Å². The van der Waals surface area contributed by atoms with Crippen LogP contribution in [0, 0.1) is 10.5 Å². The summed E-state index contributed by atoms with van der Waals surface area (Å²) in [7, 11) is 0. The van der Waals surface area contributed by atoms with Crippen LogP contribution in [0.3, 0.4) is 0 Å². The van der Waals surface area contributed by atoms with Gasteiger partial charge in [0, 0.05) is 19.9 Å². The second kappa shape index (κ2) is 5.75. The zero-order valence-corrected chi connectivity index (χ0v) is 13.8. The molecule has 98 valence electrons. The fraction of sp³-hybridized carbons (Fsp3) is 0.250. The predicted molar refractivity (Wildman–Crippen MR) is 92.0 cm³/mol. The molecule has 1 aliphatic rings. The Bertz CT molecular complexity index is 597. The van der Waals surface area contributed by atoms with Gasteiger partial charge >= 0.3 is 0 Å². The van der Waals surface area contributed by atoms with E-state index in [9.17, 15) is 0 Å². The van der Waals surface area contributed by atoms with E-state index >= 15 is 0 Å². The number of fused-ring (bicyclic) bond motifs is 1. The normalized spacial score (nSPS) is 17.9. The van der Waals surface area contributed by atoms with E-state index in [2.05, 4.69) is 77.3 Å². The van der Waals surface area contributed by atoms with E-state index in [0.717, 1.165) is 0 Å². The van der Waals surface area contributed by atoms with Crippen LogP contribution in [0.5, 0.6) is 0 Å². The highest BCUT2D eigenvalue weighted by Crippen LogP contribution is 2.38. The van der Waals surface area contributed by atoms with Gasteiger partial charge in [0.05, 0.1) is 6.04 Å². The third-order valence-corrected chi connectivity index (χ3v) is 5.27. The van der Waals surface area contributed by atoms with Crippen LogP contribution >= 0.6 is 34.4 Å². The molecule has 0 aliphatic carbocycles. The summed E-state index contributed by atoms with van der Waals surface area (Å²) in [6.45, 7) is 2.17. The number of hydrogen-bond acceptors (Lipinski definition) is 2. The van der Waals surface area contributed by atoms with Gasteiger partial charge in [-0.25, -0.2) is 0 Å². The van der Waals surface area contributed by atoms with Gasteiger partial charge < -0.3 is 5.32 Å². The number of benzene rings is 2. The molecule has 0 saturated heterocycles. The van der Waals surface area contributed by atoms with E-state index in [1.54, 1.807) is 0 Å². The Labute approximate surface area is 132 Å². The predicted octanol–water partition coefficient (Wildman–Crippen LogP) is 5.25. The highest BCUT2D eigenvalue weighted by Gasteiger charge is 2.20. The maximum absolute atomic E-state index is 3.72. The minimum Gasteiger partial charge on any atom is -0.378 e. The molecule has 0 fully saturated rings. The van der Waals surface area contributed by atoms with Crippen LogP contribution < -0.4 is 5.32 Å². The van der Waals surface area contributed by atoms with Crippen LogP contribution in [-0.4, -0.2) is 5.75 Å². The Kier molecular flexibility index (Phi) is 4.03. The van der Waals surface area contributed by atoms with Gasteiger partial charge in [-0.3, -0.25) is 0 Å². The number of rotatable bonds is 2. The summed E-state index contributed by atoms with van der Waals surface area (Å²) in [4.78, 5) is 1.43. The van der Waals surface area contributed by atoms with E-state index in [1.807, 2.05) is 11.8 Å². The van der Waals surface area contributed by atoms with Crippen LogP contribution in [0.15, 0.2) is 47.4 Å². The van der Waals surface area contributed by atoms with E-state index in [1.165, 1.54) is 37.5 Å². The van der Waals surface area contributed by atoms with E-state index < -0.39 is 0 Å². The molecule has 2 aromatic rings. The van der Waals surface area contributed by atoms with Crippen molar-refractivity contribution in [2.24, 2.45) is 0 Å². The summed E-state index contributed by atoms with van der Waals surface area (Å²) in [5.41, 5.74) is 4.02. The molecule has 1 unspecified atom stereocenters. The number of halogens is 1. The molecule has 1 heterocycles. The van der Waals surface area contributed by atoms with Crippen molar-refractivity contribution in [2.45, 2.75) is 24.3 Å². The van der Waals surface area contributed by atoms with E-state index in [4.69, 9.17) is 0 Å². The van der Waals surface area contributed by atoms with Gasteiger partial charge in [-0.15, -0.1) is 11.8 Å². The van der Waals surface area contributed by atoms with Crippen LogP contribution in [0.25, 0.3) is 0 Å². The fourth-order valence-corrected chi connectivity index (χ4v) is 4.24. The van der Waals surface area contributed by atoms with Crippen molar-refractivity contribution in [3.8, 4) is 0 Å². The summed E-state index contributed by atoms with van der Waals surface area (Å²) < 4.78 is 1.29. The molecule has 1 atom stereocenters. The van der Waals surface area contributed by atoms with Crippen molar-refractivity contribution < 1.29 is 0 Å². The van der Waals surface area contributed by atoms with Crippen molar-refractivity contribution in [2.75, 3.05) is 11.1 Å². The summed E-state index contributed by atoms with van der Waals surface area (Å²) in [6.07, 6.45) is 1.19. The number of thioether (sulfide) groups is 1. The monoisotopic (exact) mass is 381 g/mol. The van der Waals surface area contributed by atoms with Crippen molar-refractivity contribution in [3.63, 3.8) is 0 Å². The molecule has 0 saturated carbocycles. The molecule has 19 heavy (non-hydrogen) atoms. The molecule has 1 nitrogen and oxygen atoms in total. The maximum Gasteiger partial charge on any atom is 0.0532 e. The average molecular weight is 381 g/mol. The molecule has 1 aliphatic heterocycles. The van der Waals surface area contributed by atoms with Gasteiger partial charge in [0.25, 0.3) is 0 Å². The van der Waals surface area contributed by atoms with Crippen molar-refractivity contribution in [1.29, 1.82) is 0 Å². The number of aryl methyl sites for hydroxylation is 1. The quantitative estimate of drug-likeness (QED) is 0.714. The zero-order valence-electron chi connectivity index (χ0n) is 10.8. The lowest BCUT2D eigenvalue weighted by atomic mass is 10.0. The SMILES string of the molecule is Cc1cc(I)ccc1NC1CCSc2ccccc21. The molecule has 2 aromatic carbocycles. The minimum atomic E-state index is 0.441. The fourth-order valence-electron chi connectivity index (χ4n) is 2.47. The molecule has 1 N–H and O–H groups in total. The van der Waals surface area contributed by atoms with Crippen molar-refractivity contribution in [3.05, 3.63) is 57.2 Å². The molecule has 0 amide bonds. The molecule has 0 aromatic heterocycles. The Morgan fingerprint density at radius 2 is 2.05 bits per heavy atom. The largest absolute Gasteiger partial charge is 0.378 e. The smallest absolute Gasteiger partial charge is 0.0532 e. The van der Waals surface area contributed by atoms with Gasteiger partial charge in [0.2, 0.25) is 0 Å². The third kappa shape index (κ3) is 2.92. The molecular formula is C16H16INS. The van der Waals surface area contributed by atoms with Crippen LogP contribution in [-0.2, 0) is 0 Å². The van der Waals surface area contributed by atoms with Crippen LogP contribution in [0.4, 0.5) is 5.69 Å². The minimum absolute atomic E-state index is 0.441. The lowest BCUT2D eigenvalue weighted by molar-refractivity contribution is 0.728. The number of anilines is 1. The molecule has 3 heteroatoms. The Morgan fingerprint density at radius 1 is 1.21 bits per heavy atom. The molecule has 3 rings (SSSR count). The summed E-state index contributed by atoms with van der Waals surface area (Å²) in [5, 5.41) is 3.72. The standard InChI is InChI=1S/C16H16INS/c1-11-10-12(17)6-7-14(11)18-15-8-9-19-16-5-3-2-4-13(15)16/h2-7,10,15,18H,8-9H2,1H3. The Morgan fingerprint density at radius 3 is 2.89 bits per heavy atom. The summed E-state index contributed by atoms with van der Waals surface area (Å²) >= 11 is 4.33. The first kappa shape index (κ1) is 13.3. The average Bonchev–Trinajstić information content (AvgIpc) is 2.42. The third-order valence-electron chi connectivity index (χ3n) is 3.48. The number of nitrogens with one attached hydrogen (secondary N) is 1. The highest BCUT2D eigenvalue weighted by atomic mass is 127. The molecule has 0 spiro atoms. The van der Waals surface area contributed by atoms with E-state index in [0.29, 0.717) is 6.04 Å². The zero-order chi connectivity index (χ0) is 13.2. The molecular weight excluding hydrogens is 365 g/mol. The van der Waals surface area contributed by atoms with Gasteiger partial charge in [-0.05, 0) is 71.3 Å². The Balaban J connectivity index is 1.88. The van der Waals surface area contributed by atoms with Crippen molar-refractivity contribution in [1.82, 2.24) is 0 Å². The Hall–Kier alpha value is -0.680. The number of hydrogen-bond donors (Lipinski definition) is 1. The van der Waals surface area contributed by atoms with Gasteiger partial charge in [0.1, 0.15) is 0 Å². The lowest BCUT2D eigenvalue weighted by Crippen LogP contribution is -2.16. The second-order valence-corrected chi connectivity index (χ2v) is 7.21.